The van der Waals surface area contributed by atoms with Crippen molar-refractivity contribution in [1.29, 1.82) is 0 Å². The van der Waals surface area contributed by atoms with Crippen molar-refractivity contribution in [3.05, 3.63) is 82.5 Å². The Hall–Kier alpha value is -2.75. The second kappa shape index (κ2) is 12.3. The third-order valence-corrected chi connectivity index (χ3v) is 6.34. The summed E-state index contributed by atoms with van der Waals surface area (Å²) in [5.74, 6) is 0.160. The molecule has 1 amide bonds. The van der Waals surface area contributed by atoms with Crippen LogP contribution in [0.2, 0.25) is 5.02 Å². The first kappa shape index (κ1) is 25.3. The number of carbonyl (C=O) groups is 1. The molecular formula is C26H31ClN4O4. The van der Waals surface area contributed by atoms with E-state index in [9.17, 15) is 9.90 Å². The third-order valence-electron chi connectivity index (χ3n) is 5.93. The largest absolute Gasteiger partial charge is 0.447 e. The summed E-state index contributed by atoms with van der Waals surface area (Å²) in [5, 5.41) is 13.7. The van der Waals surface area contributed by atoms with E-state index in [0.29, 0.717) is 42.9 Å². The molecule has 1 atom stereocenters. The summed E-state index contributed by atoms with van der Waals surface area (Å²) < 4.78 is 11.2. The molecule has 1 saturated heterocycles. The number of aliphatic hydroxyl groups is 1. The molecule has 0 radical (unpaired) electrons. The van der Waals surface area contributed by atoms with E-state index in [0.717, 1.165) is 37.3 Å². The van der Waals surface area contributed by atoms with Crippen molar-refractivity contribution in [1.82, 2.24) is 14.8 Å². The number of aromatic nitrogens is 1. The van der Waals surface area contributed by atoms with Gasteiger partial charge in [0.05, 0.1) is 25.9 Å². The zero-order chi connectivity index (χ0) is 24.6. The number of piperazine rings is 1. The fourth-order valence-electron chi connectivity index (χ4n) is 3.91. The lowest BCUT2D eigenvalue weighted by molar-refractivity contribution is 0.000371. The number of rotatable bonds is 10. The highest BCUT2D eigenvalue weighted by molar-refractivity contribution is 6.31. The van der Waals surface area contributed by atoms with E-state index in [-0.39, 0.29) is 11.6 Å². The van der Waals surface area contributed by atoms with Crippen molar-refractivity contribution >= 4 is 23.2 Å². The molecule has 8 nitrogen and oxygen atoms in total. The van der Waals surface area contributed by atoms with Crippen molar-refractivity contribution in [2.45, 2.75) is 26.2 Å². The topological polar surface area (TPSA) is 91.1 Å². The Morgan fingerprint density at radius 1 is 1.17 bits per heavy atom. The number of ether oxygens (including phenoxy) is 1. The van der Waals surface area contributed by atoms with Crippen LogP contribution in [0.3, 0.4) is 0 Å². The average Bonchev–Trinajstić information content (AvgIpc) is 3.32. The Bertz CT molecular complexity index is 1100. The Labute approximate surface area is 210 Å². The molecule has 9 heteroatoms. The van der Waals surface area contributed by atoms with Crippen molar-refractivity contribution in [3.63, 3.8) is 0 Å². The molecule has 0 bridgehead atoms. The highest BCUT2D eigenvalue weighted by atomic mass is 35.5. The minimum absolute atomic E-state index is 0.231. The molecule has 1 unspecified atom stereocenters. The van der Waals surface area contributed by atoms with Gasteiger partial charge in [-0.3, -0.25) is 14.6 Å². The number of hydrogen-bond acceptors (Lipinski definition) is 7. The first-order valence-corrected chi connectivity index (χ1v) is 12.1. The van der Waals surface area contributed by atoms with Crippen molar-refractivity contribution in [3.8, 4) is 0 Å². The maximum absolute atomic E-state index is 12.5. The average molecular weight is 499 g/mol. The number of benzene rings is 2. The third kappa shape index (κ3) is 7.62. The number of halogens is 1. The van der Waals surface area contributed by atoms with E-state index in [2.05, 4.69) is 20.1 Å². The Morgan fingerprint density at radius 2 is 1.91 bits per heavy atom. The van der Waals surface area contributed by atoms with E-state index < -0.39 is 6.10 Å². The van der Waals surface area contributed by atoms with Crippen LogP contribution in [0.4, 0.5) is 5.69 Å². The van der Waals surface area contributed by atoms with Gasteiger partial charge < -0.3 is 19.6 Å². The second-order valence-electron chi connectivity index (χ2n) is 8.78. The summed E-state index contributed by atoms with van der Waals surface area (Å²) >= 11 is 6.12. The lowest BCUT2D eigenvalue weighted by Gasteiger charge is -2.34. The fourth-order valence-corrected chi connectivity index (χ4v) is 4.09. The van der Waals surface area contributed by atoms with Crippen LogP contribution in [0.1, 0.15) is 27.5 Å². The zero-order valence-corrected chi connectivity index (χ0v) is 20.6. The number of hydrogen-bond donors (Lipinski definition) is 2. The van der Waals surface area contributed by atoms with Crippen molar-refractivity contribution in [2.75, 3.05) is 44.6 Å². The maximum atomic E-state index is 12.5. The van der Waals surface area contributed by atoms with E-state index in [1.807, 2.05) is 43.3 Å². The summed E-state index contributed by atoms with van der Waals surface area (Å²) in [7, 11) is 0. The first-order chi connectivity index (χ1) is 17.0. The second-order valence-corrected chi connectivity index (χ2v) is 9.18. The number of β-amino-alcohol motifs (C(OH)–C–C–N with tert-alkyl or cyclic N) is 1. The van der Waals surface area contributed by atoms with Gasteiger partial charge in [-0.15, -0.1) is 0 Å². The molecule has 1 aromatic heterocycles. The molecule has 35 heavy (non-hydrogen) atoms. The van der Waals surface area contributed by atoms with Gasteiger partial charge in [0.15, 0.2) is 5.69 Å². The molecule has 0 aliphatic carbocycles. The molecule has 2 aromatic carbocycles. The van der Waals surface area contributed by atoms with Crippen LogP contribution in [0.5, 0.6) is 0 Å². The number of anilines is 1. The van der Waals surface area contributed by atoms with Crippen LogP contribution in [-0.2, 0) is 17.9 Å². The van der Waals surface area contributed by atoms with Crippen LogP contribution in [0, 0.1) is 6.92 Å². The van der Waals surface area contributed by atoms with Gasteiger partial charge in [-0.1, -0.05) is 48.0 Å². The molecule has 4 rings (SSSR count). The van der Waals surface area contributed by atoms with Crippen LogP contribution >= 0.6 is 11.6 Å². The number of nitrogens with one attached hydrogen (secondary N) is 1. The molecule has 2 heterocycles. The maximum Gasteiger partial charge on any atom is 0.277 e. The standard InChI is InChI=1S/C26H31ClN4O4/c1-19-7-8-21(13-23(19)27)28-26(33)24-18-35-25(29-24)15-31-11-9-30(10-12-31)14-22(32)17-34-16-20-5-3-2-4-6-20/h2-8,13,18,22,32H,9-12,14-17H2,1H3,(H,28,33). The molecular weight excluding hydrogens is 468 g/mol. The van der Waals surface area contributed by atoms with Gasteiger partial charge in [0.25, 0.3) is 5.91 Å². The van der Waals surface area contributed by atoms with Gasteiger partial charge in [-0.2, -0.15) is 0 Å². The Kier molecular flexibility index (Phi) is 8.90. The Morgan fingerprint density at radius 3 is 2.66 bits per heavy atom. The van der Waals surface area contributed by atoms with Crippen LogP contribution < -0.4 is 5.32 Å². The smallest absolute Gasteiger partial charge is 0.277 e. The molecule has 1 aliphatic rings. The lowest BCUT2D eigenvalue weighted by Crippen LogP contribution is -2.48. The SMILES string of the molecule is Cc1ccc(NC(=O)c2coc(CN3CCN(CC(O)COCc4ccccc4)CC3)n2)cc1Cl. The number of carbonyl (C=O) groups excluding carboxylic acids is 1. The lowest BCUT2D eigenvalue weighted by atomic mass is 10.2. The van der Waals surface area contributed by atoms with Crippen LogP contribution in [-0.4, -0.2) is 71.2 Å². The molecule has 2 N–H and O–H groups in total. The summed E-state index contributed by atoms with van der Waals surface area (Å²) in [6, 6.07) is 15.3. The number of nitrogens with zero attached hydrogens (tertiary/aromatic N) is 3. The summed E-state index contributed by atoms with van der Waals surface area (Å²) in [6.07, 6.45) is 0.851. The van der Waals surface area contributed by atoms with Crippen molar-refractivity contribution < 1.29 is 19.1 Å². The van der Waals surface area contributed by atoms with Crippen LogP contribution in [0.25, 0.3) is 0 Å². The number of oxazole rings is 1. The van der Waals surface area contributed by atoms with Gasteiger partial charge >= 0.3 is 0 Å². The zero-order valence-electron chi connectivity index (χ0n) is 19.8. The summed E-state index contributed by atoms with van der Waals surface area (Å²) in [6.45, 7) is 7.13. The van der Waals surface area contributed by atoms with Crippen molar-refractivity contribution in [2.24, 2.45) is 0 Å². The molecule has 186 valence electrons. The fraction of sp³-hybridized carbons (Fsp3) is 0.385. The van der Waals surface area contributed by atoms with Gasteiger partial charge in [-0.05, 0) is 30.2 Å². The quantitative estimate of drug-likeness (QED) is 0.441. The predicted molar refractivity (Wildman–Crippen MR) is 134 cm³/mol. The summed E-state index contributed by atoms with van der Waals surface area (Å²) in [4.78, 5) is 21.3. The first-order valence-electron chi connectivity index (χ1n) is 11.7. The highest BCUT2D eigenvalue weighted by Crippen LogP contribution is 2.20. The highest BCUT2D eigenvalue weighted by Gasteiger charge is 2.21. The van der Waals surface area contributed by atoms with Crippen LogP contribution in [0.15, 0.2) is 59.2 Å². The van der Waals surface area contributed by atoms with E-state index in [1.54, 1.807) is 12.1 Å². The number of aryl methyl sites for hydroxylation is 1. The van der Waals surface area contributed by atoms with Gasteiger partial charge in [-0.25, -0.2) is 4.98 Å². The summed E-state index contributed by atoms with van der Waals surface area (Å²) in [5.41, 5.74) is 2.88. The Balaban J connectivity index is 1.16. The monoisotopic (exact) mass is 498 g/mol. The minimum atomic E-state index is -0.526. The van der Waals surface area contributed by atoms with Gasteiger partial charge in [0.1, 0.15) is 6.26 Å². The molecule has 1 fully saturated rings. The predicted octanol–water partition coefficient (Wildman–Crippen LogP) is 3.58. The van der Waals surface area contributed by atoms with E-state index in [4.69, 9.17) is 20.8 Å². The van der Waals surface area contributed by atoms with E-state index in [1.165, 1.54) is 6.26 Å². The molecule has 0 spiro atoms. The number of amides is 1. The normalized spacial score (nSPS) is 15.7. The van der Waals surface area contributed by atoms with E-state index >= 15 is 0 Å². The molecule has 1 aliphatic heterocycles. The number of aliphatic hydroxyl groups excluding tert-OH is 1. The molecule has 0 saturated carbocycles. The minimum Gasteiger partial charge on any atom is -0.447 e. The molecule has 3 aromatic rings. The van der Waals surface area contributed by atoms with Gasteiger partial charge in [0, 0.05) is 43.4 Å². The van der Waals surface area contributed by atoms with Gasteiger partial charge in [0.2, 0.25) is 5.89 Å².